The standard InChI is InChI=1S/C16H20N2O5S/c1-11-12(17-16(23-11)13-5-4-8-24-13)9-14(19)18(6-7-21-2)10-15(20)22-3/h4-5,8H,6-7,9-10H2,1-3H3. The van der Waals surface area contributed by atoms with Gasteiger partial charge in [-0.05, 0) is 18.4 Å². The van der Waals surface area contributed by atoms with Crippen molar-refractivity contribution in [2.75, 3.05) is 33.9 Å². The molecular weight excluding hydrogens is 332 g/mol. The van der Waals surface area contributed by atoms with Crippen molar-refractivity contribution in [1.82, 2.24) is 9.88 Å². The van der Waals surface area contributed by atoms with Crippen molar-refractivity contribution in [3.8, 4) is 10.8 Å². The van der Waals surface area contributed by atoms with Gasteiger partial charge in [-0.25, -0.2) is 4.98 Å². The lowest BCUT2D eigenvalue weighted by Crippen LogP contribution is -2.39. The molecule has 0 aliphatic rings. The number of hydrogen-bond donors (Lipinski definition) is 0. The summed E-state index contributed by atoms with van der Waals surface area (Å²) in [6, 6.07) is 3.82. The highest BCUT2D eigenvalue weighted by Crippen LogP contribution is 2.26. The molecular formula is C16H20N2O5S. The third-order valence-electron chi connectivity index (χ3n) is 3.41. The van der Waals surface area contributed by atoms with E-state index in [1.165, 1.54) is 30.5 Å². The molecule has 7 nitrogen and oxygen atoms in total. The minimum Gasteiger partial charge on any atom is -0.468 e. The van der Waals surface area contributed by atoms with E-state index in [1.807, 2.05) is 17.5 Å². The van der Waals surface area contributed by atoms with Gasteiger partial charge in [0.05, 0.1) is 30.7 Å². The summed E-state index contributed by atoms with van der Waals surface area (Å²) in [7, 11) is 2.83. The van der Waals surface area contributed by atoms with Gasteiger partial charge < -0.3 is 18.8 Å². The molecule has 0 saturated carbocycles. The molecule has 0 spiro atoms. The second-order valence-corrected chi connectivity index (χ2v) is 6.01. The number of aryl methyl sites for hydroxylation is 1. The maximum absolute atomic E-state index is 12.5. The van der Waals surface area contributed by atoms with Gasteiger partial charge in [-0.1, -0.05) is 6.07 Å². The lowest BCUT2D eigenvalue weighted by Gasteiger charge is -2.20. The molecule has 130 valence electrons. The molecule has 24 heavy (non-hydrogen) atoms. The van der Waals surface area contributed by atoms with E-state index < -0.39 is 5.97 Å². The number of carbonyl (C=O) groups excluding carboxylic acids is 2. The molecule has 0 aliphatic heterocycles. The fourth-order valence-electron chi connectivity index (χ4n) is 2.07. The van der Waals surface area contributed by atoms with Gasteiger partial charge in [-0.2, -0.15) is 0 Å². The van der Waals surface area contributed by atoms with E-state index in [1.54, 1.807) is 6.92 Å². The molecule has 0 radical (unpaired) electrons. The summed E-state index contributed by atoms with van der Waals surface area (Å²) < 4.78 is 15.3. The smallest absolute Gasteiger partial charge is 0.325 e. The summed E-state index contributed by atoms with van der Waals surface area (Å²) in [5.41, 5.74) is 0.565. The minimum absolute atomic E-state index is 0.0570. The summed E-state index contributed by atoms with van der Waals surface area (Å²) in [6.07, 6.45) is 0.0570. The van der Waals surface area contributed by atoms with Gasteiger partial charge in [0.1, 0.15) is 12.3 Å². The van der Waals surface area contributed by atoms with Crippen LogP contribution >= 0.6 is 11.3 Å². The summed E-state index contributed by atoms with van der Waals surface area (Å²) in [5, 5.41) is 1.93. The highest BCUT2D eigenvalue weighted by atomic mass is 32.1. The van der Waals surface area contributed by atoms with Crippen LogP contribution in [0.25, 0.3) is 10.8 Å². The number of carbonyl (C=O) groups is 2. The molecule has 0 bridgehead atoms. The molecule has 1 amide bonds. The Kier molecular flexibility index (Phi) is 6.51. The third-order valence-corrected chi connectivity index (χ3v) is 4.27. The molecule has 0 saturated heterocycles. The van der Waals surface area contributed by atoms with Gasteiger partial charge in [-0.15, -0.1) is 11.3 Å². The van der Waals surface area contributed by atoms with Crippen molar-refractivity contribution in [3.05, 3.63) is 29.0 Å². The van der Waals surface area contributed by atoms with Crippen LogP contribution in [-0.2, 0) is 25.5 Å². The fraction of sp³-hybridized carbons (Fsp3) is 0.438. The largest absolute Gasteiger partial charge is 0.468 e. The Hall–Kier alpha value is -2.19. The van der Waals surface area contributed by atoms with Crippen molar-refractivity contribution in [1.29, 1.82) is 0 Å². The Morgan fingerprint density at radius 3 is 2.79 bits per heavy atom. The Morgan fingerprint density at radius 2 is 2.17 bits per heavy atom. The van der Waals surface area contributed by atoms with E-state index in [-0.39, 0.29) is 18.9 Å². The predicted molar refractivity (Wildman–Crippen MR) is 88.7 cm³/mol. The highest BCUT2D eigenvalue weighted by Gasteiger charge is 2.21. The topological polar surface area (TPSA) is 81.9 Å². The first kappa shape index (κ1) is 18.2. The molecule has 0 atom stereocenters. The van der Waals surface area contributed by atoms with Crippen LogP contribution in [0, 0.1) is 6.92 Å². The molecule has 0 aromatic carbocycles. The fourth-order valence-corrected chi connectivity index (χ4v) is 2.72. The Bertz CT molecular complexity index is 681. The van der Waals surface area contributed by atoms with Crippen LogP contribution < -0.4 is 0 Å². The van der Waals surface area contributed by atoms with Gasteiger partial charge in [0.25, 0.3) is 0 Å². The average molecular weight is 352 g/mol. The second-order valence-electron chi connectivity index (χ2n) is 5.06. The first-order valence-electron chi connectivity index (χ1n) is 7.38. The maximum atomic E-state index is 12.5. The number of oxazole rings is 1. The van der Waals surface area contributed by atoms with Gasteiger partial charge in [0, 0.05) is 13.7 Å². The first-order valence-corrected chi connectivity index (χ1v) is 8.26. The van der Waals surface area contributed by atoms with Crippen molar-refractivity contribution < 1.29 is 23.5 Å². The first-order chi connectivity index (χ1) is 11.5. The Balaban J connectivity index is 2.09. The van der Waals surface area contributed by atoms with E-state index in [0.29, 0.717) is 30.5 Å². The normalized spacial score (nSPS) is 10.6. The van der Waals surface area contributed by atoms with Crippen molar-refractivity contribution in [3.63, 3.8) is 0 Å². The second kappa shape index (κ2) is 8.60. The Labute approximate surface area is 144 Å². The van der Waals surface area contributed by atoms with E-state index in [4.69, 9.17) is 9.15 Å². The van der Waals surface area contributed by atoms with Crippen LogP contribution in [0.1, 0.15) is 11.5 Å². The zero-order chi connectivity index (χ0) is 17.5. The lowest BCUT2D eigenvalue weighted by atomic mass is 10.2. The summed E-state index contributed by atoms with van der Waals surface area (Å²) in [5.74, 6) is 0.389. The van der Waals surface area contributed by atoms with Gasteiger partial charge >= 0.3 is 5.97 Å². The van der Waals surface area contributed by atoms with Crippen LogP contribution in [0.3, 0.4) is 0 Å². The van der Waals surface area contributed by atoms with Crippen LogP contribution in [-0.4, -0.2) is 55.7 Å². The van der Waals surface area contributed by atoms with E-state index in [2.05, 4.69) is 9.72 Å². The lowest BCUT2D eigenvalue weighted by molar-refractivity contribution is -0.147. The number of thiophene rings is 1. The quantitative estimate of drug-likeness (QED) is 0.675. The van der Waals surface area contributed by atoms with E-state index >= 15 is 0 Å². The number of methoxy groups -OCH3 is 2. The zero-order valence-electron chi connectivity index (χ0n) is 13.9. The molecule has 0 fully saturated rings. The third kappa shape index (κ3) is 4.65. The average Bonchev–Trinajstić information content (AvgIpc) is 3.21. The van der Waals surface area contributed by atoms with Crippen LogP contribution in [0.2, 0.25) is 0 Å². The summed E-state index contributed by atoms with van der Waals surface area (Å²) in [6.45, 7) is 2.29. The molecule has 2 rings (SSSR count). The van der Waals surface area contributed by atoms with E-state index in [0.717, 1.165) is 4.88 Å². The molecule has 0 unspecified atom stereocenters. The number of rotatable bonds is 8. The van der Waals surface area contributed by atoms with Crippen molar-refractivity contribution in [2.24, 2.45) is 0 Å². The number of aromatic nitrogens is 1. The van der Waals surface area contributed by atoms with Crippen LogP contribution in [0.4, 0.5) is 0 Å². The van der Waals surface area contributed by atoms with Crippen molar-refractivity contribution in [2.45, 2.75) is 13.3 Å². The number of hydrogen-bond acceptors (Lipinski definition) is 7. The Morgan fingerprint density at radius 1 is 1.38 bits per heavy atom. The number of nitrogens with zero attached hydrogens (tertiary/aromatic N) is 2. The molecule has 0 aliphatic carbocycles. The number of amides is 1. The molecule has 0 N–H and O–H groups in total. The SMILES string of the molecule is COCCN(CC(=O)OC)C(=O)Cc1nc(-c2cccs2)oc1C. The monoisotopic (exact) mass is 352 g/mol. The number of esters is 1. The van der Waals surface area contributed by atoms with Gasteiger partial charge in [-0.3, -0.25) is 9.59 Å². The zero-order valence-corrected chi connectivity index (χ0v) is 14.7. The molecule has 8 heteroatoms. The van der Waals surface area contributed by atoms with Crippen LogP contribution in [0.5, 0.6) is 0 Å². The molecule has 2 heterocycles. The molecule has 2 aromatic rings. The van der Waals surface area contributed by atoms with Crippen molar-refractivity contribution >= 4 is 23.2 Å². The van der Waals surface area contributed by atoms with Gasteiger partial charge in [0.15, 0.2) is 0 Å². The van der Waals surface area contributed by atoms with Gasteiger partial charge in [0.2, 0.25) is 11.8 Å². The predicted octanol–water partition coefficient (Wildman–Crippen LogP) is 1.90. The summed E-state index contributed by atoms with van der Waals surface area (Å²) in [4.78, 5) is 30.7. The van der Waals surface area contributed by atoms with E-state index in [9.17, 15) is 9.59 Å². The molecule has 2 aromatic heterocycles. The summed E-state index contributed by atoms with van der Waals surface area (Å²) >= 11 is 1.52. The number of ether oxygens (including phenoxy) is 2. The highest BCUT2D eigenvalue weighted by molar-refractivity contribution is 7.13. The van der Waals surface area contributed by atoms with Crippen LogP contribution in [0.15, 0.2) is 21.9 Å². The minimum atomic E-state index is -0.476. The maximum Gasteiger partial charge on any atom is 0.325 e.